The molecule has 106 valence electrons. The maximum atomic E-state index is 11.6. The van der Waals surface area contributed by atoms with Crippen molar-refractivity contribution in [2.45, 2.75) is 0 Å². The normalized spacial score (nSPS) is 10.1. The molecule has 0 aliphatic heterocycles. The van der Waals surface area contributed by atoms with Gasteiger partial charge < -0.3 is 11.5 Å². The molecule has 2 rings (SSSR count). The molecule has 0 spiro atoms. The Balaban J connectivity index is 2.86. The molecule has 0 radical (unpaired) electrons. The lowest BCUT2D eigenvalue weighted by atomic mass is 9.95. The highest BCUT2D eigenvalue weighted by Gasteiger charge is 2.24. The minimum absolute atomic E-state index is 0.0677. The highest BCUT2D eigenvalue weighted by Crippen LogP contribution is 2.34. The Morgan fingerprint density at radius 3 is 2.10 bits per heavy atom. The van der Waals surface area contributed by atoms with Crippen molar-refractivity contribution in [3.05, 3.63) is 63.7 Å². The molecule has 0 bridgehead atoms. The molecule has 0 unspecified atom stereocenters. The molecule has 2 amide bonds. The SMILES string of the molecule is NC(=O)c1cc(C(N)=O)c(-c2ccccc2)c([N+](=O)[O-])c1. The summed E-state index contributed by atoms with van der Waals surface area (Å²) in [6, 6.07) is 10.5. The van der Waals surface area contributed by atoms with Crippen LogP contribution in [0.3, 0.4) is 0 Å². The third-order valence-electron chi connectivity index (χ3n) is 2.93. The Hall–Kier alpha value is -3.22. The zero-order valence-electron chi connectivity index (χ0n) is 10.8. The van der Waals surface area contributed by atoms with Gasteiger partial charge in [0.1, 0.15) is 0 Å². The van der Waals surface area contributed by atoms with Gasteiger partial charge in [0.05, 0.1) is 16.1 Å². The van der Waals surface area contributed by atoms with Gasteiger partial charge in [0, 0.05) is 11.6 Å². The fraction of sp³-hybridized carbons (Fsp3) is 0. The topological polar surface area (TPSA) is 129 Å². The van der Waals surface area contributed by atoms with Gasteiger partial charge in [0.25, 0.3) is 5.69 Å². The fourth-order valence-corrected chi connectivity index (χ4v) is 2.02. The number of nitro groups is 1. The van der Waals surface area contributed by atoms with Crippen molar-refractivity contribution in [3.8, 4) is 11.1 Å². The number of nitrogens with zero attached hydrogens (tertiary/aromatic N) is 1. The van der Waals surface area contributed by atoms with Crippen molar-refractivity contribution < 1.29 is 14.5 Å². The largest absolute Gasteiger partial charge is 0.366 e. The molecule has 0 aliphatic rings. The molecular weight excluding hydrogens is 274 g/mol. The Labute approximate surface area is 119 Å². The van der Waals surface area contributed by atoms with Gasteiger partial charge in [0.2, 0.25) is 11.8 Å². The summed E-state index contributed by atoms with van der Waals surface area (Å²) in [4.78, 5) is 33.4. The Morgan fingerprint density at radius 1 is 1.00 bits per heavy atom. The number of carbonyl (C=O) groups is 2. The predicted octanol–water partition coefficient (Wildman–Crippen LogP) is 1.46. The molecule has 21 heavy (non-hydrogen) atoms. The molecule has 2 aromatic carbocycles. The van der Waals surface area contributed by atoms with Gasteiger partial charge in [-0.1, -0.05) is 30.3 Å². The van der Waals surface area contributed by atoms with Crippen molar-refractivity contribution in [1.82, 2.24) is 0 Å². The van der Waals surface area contributed by atoms with Crippen LogP contribution in [-0.4, -0.2) is 16.7 Å². The minimum Gasteiger partial charge on any atom is -0.366 e. The second-order valence-corrected chi connectivity index (χ2v) is 4.27. The number of hydrogen-bond acceptors (Lipinski definition) is 4. The first-order chi connectivity index (χ1) is 9.91. The maximum absolute atomic E-state index is 11.6. The minimum atomic E-state index is -0.875. The number of amides is 2. The number of nitro benzene ring substituents is 1. The molecule has 7 nitrogen and oxygen atoms in total. The first-order valence-corrected chi connectivity index (χ1v) is 5.89. The van der Waals surface area contributed by atoms with Crippen LogP contribution in [0.4, 0.5) is 5.69 Å². The van der Waals surface area contributed by atoms with E-state index in [0.29, 0.717) is 5.56 Å². The molecule has 7 heteroatoms. The molecule has 0 heterocycles. The Kier molecular flexibility index (Phi) is 3.66. The lowest BCUT2D eigenvalue weighted by Gasteiger charge is -2.09. The second kappa shape index (κ2) is 5.41. The average Bonchev–Trinajstić information content (AvgIpc) is 2.46. The molecular formula is C14H11N3O4. The number of rotatable bonds is 4. The summed E-state index contributed by atoms with van der Waals surface area (Å²) >= 11 is 0. The van der Waals surface area contributed by atoms with Crippen LogP contribution in [0.5, 0.6) is 0 Å². The number of nitrogens with two attached hydrogens (primary N) is 2. The van der Waals surface area contributed by atoms with Crippen LogP contribution in [0.25, 0.3) is 11.1 Å². The maximum Gasteiger partial charge on any atom is 0.278 e. The molecule has 0 saturated heterocycles. The molecule has 0 aliphatic carbocycles. The van der Waals surface area contributed by atoms with Gasteiger partial charge in [-0.05, 0) is 11.6 Å². The number of carbonyl (C=O) groups excluding carboxylic acids is 2. The number of benzene rings is 2. The van der Waals surface area contributed by atoms with Crippen LogP contribution in [0, 0.1) is 10.1 Å². The van der Waals surface area contributed by atoms with Gasteiger partial charge in [0.15, 0.2) is 0 Å². The average molecular weight is 285 g/mol. The highest BCUT2D eigenvalue weighted by atomic mass is 16.6. The monoisotopic (exact) mass is 285 g/mol. The van der Waals surface area contributed by atoms with Crippen molar-refractivity contribution in [2.75, 3.05) is 0 Å². The second-order valence-electron chi connectivity index (χ2n) is 4.27. The summed E-state index contributed by atoms with van der Waals surface area (Å²) in [5.41, 5.74) is 10.3. The summed E-state index contributed by atoms with van der Waals surface area (Å²) in [6.07, 6.45) is 0. The van der Waals surface area contributed by atoms with E-state index in [4.69, 9.17) is 11.5 Å². The van der Waals surface area contributed by atoms with Crippen molar-refractivity contribution >= 4 is 17.5 Å². The molecule has 0 fully saturated rings. The van der Waals surface area contributed by atoms with E-state index in [0.717, 1.165) is 6.07 Å². The van der Waals surface area contributed by atoms with Crippen LogP contribution >= 0.6 is 0 Å². The molecule has 2 aromatic rings. The molecule has 4 N–H and O–H groups in total. The van der Waals surface area contributed by atoms with E-state index in [9.17, 15) is 19.7 Å². The van der Waals surface area contributed by atoms with Crippen LogP contribution in [0.15, 0.2) is 42.5 Å². The van der Waals surface area contributed by atoms with E-state index < -0.39 is 22.4 Å². The fourth-order valence-electron chi connectivity index (χ4n) is 2.02. The smallest absolute Gasteiger partial charge is 0.278 e. The third kappa shape index (κ3) is 2.71. The van der Waals surface area contributed by atoms with Crippen molar-refractivity contribution in [1.29, 1.82) is 0 Å². The molecule has 0 saturated carbocycles. The lowest BCUT2D eigenvalue weighted by Crippen LogP contribution is -2.17. The van der Waals surface area contributed by atoms with Crippen LogP contribution in [0.1, 0.15) is 20.7 Å². The number of primary amides is 2. The van der Waals surface area contributed by atoms with E-state index in [1.54, 1.807) is 30.3 Å². The van der Waals surface area contributed by atoms with Crippen LogP contribution in [0.2, 0.25) is 0 Å². The third-order valence-corrected chi connectivity index (χ3v) is 2.93. The van der Waals surface area contributed by atoms with E-state index in [2.05, 4.69) is 0 Å². The van der Waals surface area contributed by atoms with Crippen molar-refractivity contribution in [3.63, 3.8) is 0 Å². The first kappa shape index (κ1) is 14.2. The zero-order valence-corrected chi connectivity index (χ0v) is 10.8. The van der Waals surface area contributed by atoms with E-state index in [-0.39, 0.29) is 16.7 Å². The predicted molar refractivity (Wildman–Crippen MR) is 75.6 cm³/mol. The van der Waals surface area contributed by atoms with Crippen LogP contribution < -0.4 is 11.5 Å². The molecule has 0 atom stereocenters. The molecule has 0 aromatic heterocycles. The van der Waals surface area contributed by atoms with Gasteiger partial charge in [-0.25, -0.2) is 0 Å². The Morgan fingerprint density at radius 2 is 1.62 bits per heavy atom. The van der Waals surface area contributed by atoms with Crippen LogP contribution in [-0.2, 0) is 0 Å². The van der Waals surface area contributed by atoms with Gasteiger partial charge >= 0.3 is 0 Å². The summed E-state index contributed by atoms with van der Waals surface area (Å²) in [5.74, 6) is -1.75. The summed E-state index contributed by atoms with van der Waals surface area (Å²) < 4.78 is 0. The number of hydrogen-bond donors (Lipinski definition) is 2. The summed E-state index contributed by atoms with van der Waals surface area (Å²) in [5, 5.41) is 11.2. The van der Waals surface area contributed by atoms with Gasteiger partial charge in [-0.3, -0.25) is 19.7 Å². The summed E-state index contributed by atoms with van der Waals surface area (Å²) in [6.45, 7) is 0. The van der Waals surface area contributed by atoms with E-state index in [1.807, 2.05) is 0 Å². The zero-order chi connectivity index (χ0) is 15.6. The van der Waals surface area contributed by atoms with Gasteiger partial charge in [-0.15, -0.1) is 0 Å². The van der Waals surface area contributed by atoms with Gasteiger partial charge in [-0.2, -0.15) is 0 Å². The first-order valence-electron chi connectivity index (χ1n) is 5.89. The highest BCUT2D eigenvalue weighted by molar-refractivity contribution is 6.05. The standard InChI is InChI=1S/C14H11N3O4/c15-13(18)9-6-10(14(16)19)12(11(7-9)17(20)21)8-4-2-1-3-5-8/h1-7H,(H2,15,18)(H2,16,19). The van der Waals surface area contributed by atoms with E-state index >= 15 is 0 Å². The lowest BCUT2D eigenvalue weighted by molar-refractivity contribution is -0.384. The van der Waals surface area contributed by atoms with E-state index in [1.165, 1.54) is 6.07 Å². The Bertz CT molecular complexity index is 706. The summed E-state index contributed by atoms with van der Waals surface area (Å²) in [7, 11) is 0. The quantitative estimate of drug-likeness (QED) is 0.650. The van der Waals surface area contributed by atoms with Crippen molar-refractivity contribution in [2.24, 2.45) is 11.5 Å².